The van der Waals surface area contributed by atoms with Gasteiger partial charge in [0, 0.05) is 29.4 Å². The third-order valence-corrected chi connectivity index (χ3v) is 6.97. The van der Waals surface area contributed by atoms with E-state index in [1.54, 1.807) is 12.1 Å². The van der Waals surface area contributed by atoms with E-state index in [0.717, 1.165) is 22.6 Å². The van der Waals surface area contributed by atoms with E-state index in [1.165, 1.54) is 17.7 Å². The second-order valence-electron chi connectivity index (χ2n) is 7.00. The summed E-state index contributed by atoms with van der Waals surface area (Å²) in [5, 5.41) is 0. The number of para-hydroxylation sites is 1. The van der Waals surface area contributed by atoms with Gasteiger partial charge in [-0.3, -0.25) is 0 Å². The van der Waals surface area contributed by atoms with E-state index in [0.29, 0.717) is 18.8 Å². The van der Waals surface area contributed by atoms with Gasteiger partial charge in [-0.2, -0.15) is 4.33 Å². The minimum absolute atomic E-state index is 0.0230. The van der Waals surface area contributed by atoms with Gasteiger partial charge in [-0.15, -0.1) is 0 Å². The van der Waals surface area contributed by atoms with Crippen LogP contribution in [0.15, 0.2) is 88.7 Å². The molecule has 3 aromatic rings. The zero-order valence-electron chi connectivity index (χ0n) is 17.3. The summed E-state index contributed by atoms with van der Waals surface area (Å²) in [6.07, 6.45) is 0. The summed E-state index contributed by atoms with van der Waals surface area (Å²) in [6.45, 7) is 3.12. The van der Waals surface area contributed by atoms with E-state index in [2.05, 4.69) is 0 Å². The maximum Gasteiger partial charge on any atom is 0.180 e. The highest BCUT2D eigenvalue weighted by molar-refractivity contribution is 7.94. The summed E-state index contributed by atoms with van der Waals surface area (Å²) in [4.78, 5) is 8.49. The van der Waals surface area contributed by atoms with Crippen molar-refractivity contribution < 1.29 is 17.6 Å². The Bertz CT molecular complexity index is 1040. The van der Waals surface area contributed by atoms with E-state index in [4.69, 9.17) is 15.0 Å². The molecular formula is C23H26N2O4S2. The Morgan fingerprint density at radius 3 is 2.26 bits per heavy atom. The molecule has 0 bridgehead atoms. The van der Waals surface area contributed by atoms with Crippen molar-refractivity contribution >= 4 is 33.3 Å². The highest BCUT2D eigenvalue weighted by Gasteiger charge is 2.17. The monoisotopic (exact) mass is 458 g/mol. The molecule has 0 fully saturated rings. The van der Waals surface area contributed by atoms with Crippen LogP contribution in [-0.4, -0.2) is 33.9 Å². The molecule has 2 N–H and O–H groups in total. The van der Waals surface area contributed by atoms with Crippen molar-refractivity contribution in [2.75, 3.05) is 36.1 Å². The summed E-state index contributed by atoms with van der Waals surface area (Å²) < 4.78 is 30.7. The molecule has 0 heterocycles. The van der Waals surface area contributed by atoms with Crippen LogP contribution in [0.5, 0.6) is 0 Å². The number of nitrogens with two attached hydrogens (primary N) is 1. The number of sulfone groups is 1. The van der Waals surface area contributed by atoms with E-state index in [1.807, 2.05) is 66.4 Å². The van der Waals surface area contributed by atoms with Gasteiger partial charge in [0.05, 0.1) is 22.7 Å². The first-order chi connectivity index (χ1) is 14.9. The number of rotatable bonds is 11. The van der Waals surface area contributed by atoms with Crippen molar-refractivity contribution in [3.8, 4) is 0 Å². The van der Waals surface area contributed by atoms with Crippen LogP contribution in [0.25, 0.3) is 0 Å². The van der Waals surface area contributed by atoms with Gasteiger partial charge in [-0.1, -0.05) is 35.9 Å². The van der Waals surface area contributed by atoms with Crippen molar-refractivity contribution in [2.45, 2.75) is 16.7 Å². The average molecular weight is 459 g/mol. The normalized spacial score (nSPS) is 11.4. The van der Waals surface area contributed by atoms with Gasteiger partial charge in [0.25, 0.3) is 0 Å². The zero-order valence-corrected chi connectivity index (χ0v) is 18.9. The molecule has 0 atom stereocenters. The Morgan fingerprint density at radius 2 is 1.58 bits per heavy atom. The second-order valence-corrected chi connectivity index (χ2v) is 9.88. The van der Waals surface area contributed by atoms with Crippen LogP contribution < -0.4 is 10.6 Å². The number of nitrogens with zero attached hydrogens (tertiary/aromatic N) is 1. The number of hydrogen-bond donors (Lipinski definition) is 1. The second kappa shape index (κ2) is 11.2. The van der Waals surface area contributed by atoms with Crippen molar-refractivity contribution in [1.82, 2.24) is 0 Å². The van der Waals surface area contributed by atoms with E-state index in [9.17, 15) is 8.42 Å². The standard InChI is InChI=1S/C23H26N2O4S2/c1-19-7-11-22(12-8-19)30-29-28-17-15-25(21-5-3-2-4-6-21)16-18-31(26,27)23-13-9-20(24)10-14-23/h2-14H,15-18,24H2,1H3. The predicted molar refractivity (Wildman–Crippen MR) is 126 cm³/mol. The molecule has 0 aliphatic carbocycles. The van der Waals surface area contributed by atoms with Crippen LogP contribution in [0.2, 0.25) is 0 Å². The Morgan fingerprint density at radius 1 is 0.903 bits per heavy atom. The Kier molecular flexibility index (Phi) is 8.36. The lowest BCUT2D eigenvalue weighted by molar-refractivity contribution is -0.187. The molecule has 8 heteroatoms. The molecule has 0 aliphatic rings. The molecule has 31 heavy (non-hydrogen) atoms. The maximum absolute atomic E-state index is 12.7. The lowest BCUT2D eigenvalue weighted by Crippen LogP contribution is -2.32. The molecule has 0 spiro atoms. The Balaban J connectivity index is 1.54. The van der Waals surface area contributed by atoms with E-state index in [-0.39, 0.29) is 17.3 Å². The van der Waals surface area contributed by atoms with Crippen LogP contribution in [0.4, 0.5) is 11.4 Å². The topological polar surface area (TPSA) is 81.9 Å². The smallest absolute Gasteiger partial charge is 0.180 e. The molecule has 3 aromatic carbocycles. The summed E-state index contributed by atoms with van der Waals surface area (Å²) in [5.41, 5.74) is 8.29. The quantitative estimate of drug-likeness (QED) is 0.149. The van der Waals surface area contributed by atoms with Gasteiger partial charge in [0.15, 0.2) is 9.84 Å². The summed E-state index contributed by atoms with van der Waals surface area (Å²) in [6, 6.07) is 23.8. The number of hydrogen-bond acceptors (Lipinski definition) is 7. The van der Waals surface area contributed by atoms with Crippen LogP contribution in [0.3, 0.4) is 0 Å². The molecule has 164 valence electrons. The molecule has 3 rings (SSSR count). The first-order valence-electron chi connectivity index (χ1n) is 9.85. The highest BCUT2D eigenvalue weighted by atomic mass is 32.2. The lowest BCUT2D eigenvalue weighted by Gasteiger charge is -2.24. The predicted octanol–water partition coefficient (Wildman–Crippen LogP) is 4.51. The largest absolute Gasteiger partial charge is 0.399 e. The minimum atomic E-state index is -3.43. The summed E-state index contributed by atoms with van der Waals surface area (Å²) in [5.74, 6) is -0.0230. The molecule has 0 aromatic heterocycles. The molecule has 0 unspecified atom stereocenters. The summed E-state index contributed by atoms with van der Waals surface area (Å²) >= 11 is 1.15. The van der Waals surface area contributed by atoms with Crippen LogP contribution in [0, 0.1) is 6.92 Å². The third kappa shape index (κ3) is 7.29. The van der Waals surface area contributed by atoms with Crippen LogP contribution in [0.1, 0.15) is 5.56 Å². The molecule has 0 amide bonds. The number of nitrogen functional groups attached to an aromatic ring is 1. The van der Waals surface area contributed by atoms with Crippen molar-refractivity contribution in [3.63, 3.8) is 0 Å². The van der Waals surface area contributed by atoms with Crippen molar-refractivity contribution in [2.24, 2.45) is 0 Å². The SMILES string of the molecule is Cc1ccc(SOOCCN(CCS(=O)(=O)c2ccc(N)cc2)c2ccccc2)cc1. The van der Waals surface area contributed by atoms with Gasteiger partial charge >= 0.3 is 0 Å². The summed E-state index contributed by atoms with van der Waals surface area (Å²) in [7, 11) is -3.43. The van der Waals surface area contributed by atoms with Gasteiger partial charge in [0.2, 0.25) is 0 Å². The molecular weight excluding hydrogens is 432 g/mol. The fourth-order valence-corrected chi connectivity index (χ4v) is 4.56. The van der Waals surface area contributed by atoms with Gasteiger partial charge in [-0.25, -0.2) is 13.3 Å². The van der Waals surface area contributed by atoms with E-state index >= 15 is 0 Å². The first kappa shape index (κ1) is 23.1. The number of anilines is 2. The zero-order chi connectivity index (χ0) is 22.1. The molecule has 0 aliphatic heterocycles. The molecule has 0 saturated heterocycles. The number of benzene rings is 3. The Labute approximate surface area is 188 Å². The molecule has 6 nitrogen and oxygen atoms in total. The Hall–Kier alpha value is -2.52. The lowest BCUT2D eigenvalue weighted by atomic mass is 10.2. The number of aryl methyl sites for hydroxylation is 1. The third-order valence-electron chi connectivity index (χ3n) is 4.63. The van der Waals surface area contributed by atoms with Crippen molar-refractivity contribution in [3.05, 3.63) is 84.4 Å². The van der Waals surface area contributed by atoms with Crippen molar-refractivity contribution in [1.29, 1.82) is 0 Å². The van der Waals surface area contributed by atoms with Gasteiger partial charge in [-0.05, 0) is 55.5 Å². The highest BCUT2D eigenvalue weighted by Crippen LogP contribution is 2.20. The maximum atomic E-state index is 12.7. The van der Waals surface area contributed by atoms with Gasteiger partial charge in [0.1, 0.15) is 6.61 Å². The van der Waals surface area contributed by atoms with E-state index < -0.39 is 9.84 Å². The minimum Gasteiger partial charge on any atom is -0.399 e. The first-order valence-corrected chi connectivity index (χ1v) is 12.2. The van der Waals surface area contributed by atoms with Gasteiger partial charge < -0.3 is 10.6 Å². The fourth-order valence-electron chi connectivity index (χ4n) is 2.87. The molecule has 0 radical (unpaired) electrons. The van der Waals surface area contributed by atoms with Crippen LogP contribution in [-0.2, 0) is 19.1 Å². The average Bonchev–Trinajstić information content (AvgIpc) is 2.78. The van der Waals surface area contributed by atoms with Crippen LogP contribution >= 0.6 is 12.0 Å². The fraction of sp³-hybridized carbons (Fsp3) is 0.217. The molecule has 0 saturated carbocycles.